The predicted molar refractivity (Wildman–Crippen MR) is 52.0 cm³/mol. The first-order chi connectivity index (χ1) is 8.28. The van der Waals surface area contributed by atoms with E-state index < -0.39 is 22.9 Å². The largest absolute Gasteiger partial charge is 0.574 e. The van der Waals surface area contributed by atoms with Gasteiger partial charge in [-0.1, -0.05) is 0 Å². The number of nitrogens with two attached hydrogens (primary N) is 1. The van der Waals surface area contributed by atoms with Crippen molar-refractivity contribution in [3.05, 3.63) is 21.7 Å². The highest BCUT2D eigenvalue weighted by molar-refractivity contribution is 5.51. The summed E-state index contributed by atoms with van der Waals surface area (Å²) >= 11 is 0. The van der Waals surface area contributed by atoms with E-state index in [4.69, 9.17) is 5.73 Å². The first-order valence-corrected chi connectivity index (χ1v) is 4.46. The van der Waals surface area contributed by atoms with Gasteiger partial charge in [0.05, 0.1) is 17.6 Å². The summed E-state index contributed by atoms with van der Waals surface area (Å²) in [4.78, 5) is 12.9. The van der Waals surface area contributed by atoms with Crippen molar-refractivity contribution in [1.82, 2.24) is 4.98 Å². The van der Waals surface area contributed by atoms with Gasteiger partial charge in [-0.2, -0.15) is 4.98 Å². The Morgan fingerprint density at radius 2 is 2.17 bits per heavy atom. The van der Waals surface area contributed by atoms with Crippen LogP contribution in [0.4, 0.5) is 18.9 Å². The lowest BCUT2D eigenvalue weighted by Crippen LogP contribution is -2.19. The lowest BCUT2D eigenvalue weighted by Gasteiger charge is -2.11. The van der Waals surface area contributed by atoms with Crippen molar-refractivity contribution in [1.29, 1.82) is 0 Å². The van der Waals surface area contributed by atoms with Crippen LogP contribution in [0, 0.1) is 10.1 Å². The lowest BCUT2D eigenvalue weighted by atomic mass is 10.2. The maximum absolute atomic E-state index is 12.1. The molecule has 10 heteroatoms. The SMILES string of the molecule is COc1cc(CN)c([N+](=O)[O-])c(OC(F)(F)F)n1. The maximum Gasteiger partial charge on any atom is 0.574 e. The Hall–Kier alpha value is -2.10. The molecule has 1 aromatic rings. The van der Waals surface area contributed by atoms with Crippen LogP contribution >= 0.6 is 0 Å². The summed E-state index contributed by atoms with van der Waals surface area (Å²) in [6.07, 6.45) is -5.10. The minimum atomic E-state index is -5.10. The number of nitrogens with zero attached hydrogens (tertiary/aromatic N) is 2. The number of aromatic nitrogens is 1. The number of alkyl halides is 3. The Kier molecular flexibility index (Phi) is 3.91. The first kappa shape index (κ1) is 14.0. The molecule has 1 rings (SSSR count). The zero-order valence-electron chi connectivity index (χ0n) is 9.02. The Labute approximate surface area is 98.5 Å². The van der Waals surface area contributed by atoms with E-state index in [1.165, 1.54) is 0 Å². The number of hydrogen-bond donors (Lipinski definition) is 1. The van der Waals surface area contributed by atoms with Crippen molar-refractivity contribution in [3.8, 4) is 11.8 Å². The molecule has 1 heterocycles. The van der Waals surface area contributed by atoms with Gasteiger partial charge in [0.25, 0.3) is 0 Å². The molecule has 0 aliphatic heterocycles. The molecule has 0 aliphatic carbocycles. The third-order valence-electron chi connectivity index (χ3n) is 1.84. The summed E-state index contributed by atoms with van der Waals surface area (Å²) < 4.78 is 44.4. The number of rotatable bonds is 4. The van der Waals surface area contributed by atoms with Crippen LogP contribution in [0.1, 0.15) is 5.56 Å². The van der Waals surface area contributed by atoms with Crippen molar-refractivity contribution in [2.75, 3.05) is 7.11 Å². The van der Waals surface area contributed by atoms with Gasteiger partial charge in [-0.15, -0.1) is 13.2 Å². The summed E-state index contributed by atoms with van der Waals surface area (Å²) in [6, 6.07) is 1.07. The van der Waals surface area contributed by atoms with Gasteiger partial charge in [0, 0.05) is 12.6 Å². The summed E-state index contributed by atoms with van der Waals surface area (Å²) in [5, 5.41) is 10.7. The number of nitro groups is 1. The molecule has 0 amide bonds. The molecule has 0 spiro atoms. The van der Waals surface area contributed by atoms with Crippen molar-refractivity contribution in [2.24, 2.45) is 5.73 Å². The van der Waals surface area contributed by atoms with Crippen molar-refractivity contribution < 1.29 is 27.6 Å². The van der Waals surface area contributed by atoms with Gasteiger partial charge < -0.3 is 15.2 Å². The van der Waals surface area contributed by atoms with Gasteiger partial charge in [-0.25, -0.2) is 0 Å². The van der Waals surface area contributed by atoms with Crippen LogP contribution in [0.3, 0.4) is 0 Å². The fourth-order valence-electron chi connectivity index (χ4n) is 1.18. The van der Waals surface area contributed by atoms with Crippen LogP contribution in [0.2, 0.25) is 0 Å². The Morgan fingerprint density at radius 1 is 1.56 bits per heavy atom. The molecular formula is C8H8F3N3O4. The highest BCUT2D eigenvalue weighted by Crippen LogP contribution is 2.35. The zero-order valence-corrected chi connectivity index (χ0v) is 9.02. The highest BCUT2D eigenvalue weighted by Gasteiger charge is 2.37. The average Bonchev–Trinajstić information content (AvgIpc) is 2.25. The smallest absolute Gasteiger partial charge is 0.481 e. The third kappa shape index (κ3) is 3.20. The molecule has 100 valence electrons. The van der Waals surface area contributed by atoms with Crippen molar-refractivity contribution >= 4 is 5.69 Å². The Balaban J connectivity index is 3.39. The average molecular weight is 267 g/mol. The summed E-state index contributed by atoms with van der Waals surface area (Å²) in [5.74, 6) is -1.47. The van der Waals surface area contributed by atoms with E-state index in [-0.39, 0.29) is 18.0 Å². The molecule has 0 atom stereocenters. The second-order valence-corrected chi connectivity index (χ2v) is 2.99. The van der Waals surface area contributed by atoms with Gasteiger partial charge >= 0.3 is 17.9 Å². The van der Waals surface area contributed by atoms with E-state index in [1.807, 2.05) is 0 Å². The maximum atomic E-state index is 12.1. The van der Waals surface area contributed by atoms with Gasteiger partial charge in [-0.05, 0) is 0 Å². The molecule has 0 aliphatic rings. The monoisotopic (exact) mass is 267 g/mol. The minimum Gasteiger partial charge on any atom is -0.481 e. The molecule has 1 aromatic heterocycles. The van der Waals surface area contributed by atoms with Gasteiger partial charge in [0.2, 0.25) is 5.88 Å². The molecule has 7 nitrogen and oxygen atoms in total. The topological polar surface area (TPSA) is 101 Å². The third-order valence-corrected chi connectivity index (χ3v) is 1.84. The van der Waals surface area contributed by atoms with Crippen LogP contribution in [-0.2, 0) is 6.54 Å². The molecular weight excluding hydrogens is 259 g/mol. The number of ether oxygens (including phenoxy) is 2. The van der Waals surface area contributed by atoms with Crippen LogP contribution in [0.5, 0.6) is 11.8 Å². The van der Waals surface area contributed by atoms with Crippen LogP contribution in [-0.4, -0.2) is 23.4 Å². The molecule has 0 aromatic carbocycles. The molecule has 0 bridgehead atoms. The van der Waals surface area contributed by atoms with Crippen molar-refractivity contribution in [3.63, 3.8) is 0 Å². The summed E-state index contributed by atoms with van der Waals surface area (Å²) in [7, 11) is 1.14. The quantitative estimate of drug-likeness (QED) is 0.652. The molecule has 0 unspecified atom stereocenters. The van der Waals surface area contributed by atoms with Crippen LogP contribution < -0.4 is 15.2 Å². The summed E-state index contributed by atoms with van der Waals surface area (Å²) in [5.41, 5.74) is 4.11. The van der Waals surface area contributed by atoms with E-state index >= 15 is 0 Å². The summed E-state index contributed by atoms with van der Waals surface area (Å²) in [6.45, 7) is -0.358. The molecule has 0 saturated heterocycles. The molecule has 0 radical (unpaired) electrons. The second kappa shape index (κ2) is 5.04. The Bertz CT molecular complexity index is 464. The predicted octanol–water partition coefficient (Wildman–Crippen LogP) is 1.36. The number of hydrogen-bond acceptors (Lipinski definition) is 6. The molecule has 0 saturated carbocycles. The van der Waals surface area contributed by atoms with Gasteiger partial charge in [-0.3, -0.25) is 10.1 Å². The number of pyridine rings is 1. The number of halogens is 3. The van der Waals surface area contributed by atoms with Gasteiger partial charge in [0.15, 0.2) is 0 Å². The molecule has 18 heavy (non-hydrogen) atoms. The minimum absolute atomic E-state index is 0.175. The Morgan fingerprint density at radius 3 is 2.56 bits per heavy atom. The van der Waals surface area contributed by atoms with E-state index in [0.717, 1.165) is 13.2 Å². The fourth-order valence-corrected chi connectivity index (χ4v) is 1.18. The zero-order chi connectivity index (χ0) is 13.9. The van der Waals surface area contributed by atoms with Crippen LogP contribution in [0.25, 0.3) is 0 Å². The van der Waals surface area contributed by atoms with Gasteiger partial charge in [0.1, 0.15) is 0 Å². The first-order valence-electron chi connectivity index (χ1n) is 4.46. The van der Waals surface area contributed by atoms with Crippen LogP contribution in [0.15, 0.2) is 6.07 Å². The highest BCUT2D eigenvalue weighted by atomic mass is 19.4. The van der Waals surface area contributed by atoms with Crippen molar-refractivity contribution in [2.45, 2.75) is 12.9 Å². The second-order valence-electron chi connectivity index (χ2n) is 2.99. The molecule has 2 N–H and O–H groups in total. The normalized spacial score (nSPS) is 11.2. The van der Waals surface area contributed by atoms with E-state index in [2.05, 4.69) is 14.5 Å². The number of methoxy groups -OCH3 is 1. The standard InChI is InChI=1S/C8H8F3N3O4/c1-17-5-2-4(3-12)6(14(15)16)7(13-5)18-8(9,10)11/h2H,3,12H2,1H3. The molecule has 0 fully saturated rings. The lowest BCUT2D eigenvalue weighted by molar-refractivity contribution is -0.390. The van der Waals surface area contributed by atoms with E-state index in [0.29, 0.717) is 0 Å². The van der Waals surface area contributed by atoms with E-state index in [1.54, 1.807) is 0 Å². The fraction of sp³-hybridized carbons (Fsp3) is 0.375. The van der Waals surface area contributed by atoms with E-state index in [9.17, 15) is 23.3 Å².